The second-order valence-corrected chi connectivity index (χ2v) is 3.08. The van der Waals surface area contributed by atoms with Gasteiger partial charge in [-0.3, -0.25) is 0 Å². The van der Waals surface area contributed by atoms with Gasteiger partial charge in [0.25, 0.3) is 0 Å². The van der Waals surface area contributed by atoms with Crippen LogP contribution in [0, 0.1) is 0 Å². The fourth-order valence-electron chi connectivity index (χ4n) is 0.573. The van der Waals surface area contributed by atoms with Crippen LogP contribution in [0.5, 0.6) is 0 Å². The first-order valence-electron chi connectivity index (χ1n) is 3.59. The average molecular weight is 131 g/mol. The molecule has 9 heavy (non-hydrogen) atoms. The van der Waals surface area contributed by atoms with Gasteiger partial charge in [0.05, 0.1) is 27.2 Å². The van der Waals surface area contributed by atoms with Crippen LogP contribution in [0.25, 0.3) is 0 Å². The minimum absolute atomic E-state index is 1.11. The molecule has 0 heterocycles. The van der Waals surface area contributed by atoms with Crippen LogP contribution in [-0.2, 0) is 0 Å². The first kappa shape index (κ1) is 8.92. The summed E-state index contributed by atoms with van der Waals surface area (Å²) in [5.74, 6) is 0. The Hall–Kier alpha value is -0.0800. The third-order valence-corrected chi connectivity index (χ3v) is 1.82. The van der Waals surface area contributed by atoms with Crippen LogP contribution < -0.4 is 5.32 Å². The lowest BCUT2D eigenvalue weighted by atomic mass is 10.4. The van der Waals surface area contributed by atoms with E-state index in [2.05, 4.69) is 26.3 Å². The summed E-state index contributed by atoms with van der Waals surface area (Å²) < 4.78 is 1.11. The molecule has 0 aromatic heterocycles. The predicted molar refractivity (Wildman–Crippen MR) is 41.4 cm³/mol. The van der Waals surface area contributed by atoms with Crippen molar-refractivity contribution in [2.75, 3.05) is 40.8 Å². The smallest absolute Gasteiger partial charge is 0.0909 e. The van der Waals surface area contributed by atoms with Gasteiger partial charge in [0, 0.05) is 6.54 Å². The lowest BCUT2D eigenvalue weighted by Gasteiger charge is -2.27. The summed E-state index contributed by atoms with van der Waals surface area (Å²) in [4.78, 5) is 0. The van der Waals surface area contributed by atoms with Gasteiger partial charge in [0.2, 0.25) is 0 Å². The molecule has 1 N–H and O–H groups in total. The Kier molecular flexibility index (Phi) is 3.82. The van der Waals surface area contributed by atoms with Gasteiger partial charge in [-0.2, -0.15) is 0 Å². The molecule has 0 saturated carbocycles. The monoisotopic (exact) mass is 131 g/mol. The zero-order valence-corrected chi connectivity index (χ0v) is 7.07. The highest BCUT2D eigenvalue weighted by Gasteiger charge is 2.08. The van der Waals surface area contributed by atoms with E-state index in [0.717, 1.165) is 11.0 Å². The molecular formula is C7H19N2+. The summed E-state index contributed by atoms with van der Waals surface area (Å²) in [5.41, 5.74) is 0. The van der Waals surface area contributed by atoms with E-state index in [0.29, 0.717) is 0 Å². The highest BCUT2D eigenvalue weighted by molar-refractivity contribution is 4.35. The molecule has 0 atom stereocenters. The van der Waals surface area contributed by atoms with E-state index < -0.39 is 0 Å². The normalized spacial score (nSPS) is 12.0. The van der Waals surface area contributed by atoms with Crippen molar-refractivity contribution >= 4 is 0 Å². The average Bonchev–Trinajstić information content (AvgIpc) is 1.84. The van der Waals surface area contributed by atoms with E-state index >= 15 is 0 Å². The van der Waals surface area contributed by atoms with Gasteiger partial charge in [0.15, 0.2) is 0 Å². The molecule has 2 heteroatoms. The SMILES string of the molecule is CC[N+](C)(C)CCNC. The van der Waals surface area contributed by atoms with Gasteiger partial charge in [-0.1, -0.05) is 0 Å². The van der Waals surface area contributed by atoms with Crippen LogP contribution in [0.2, 0.25) is 0 Å². The summed E-state index contributed by atoms with van der Waals surface area (Å²) in [7, 11) is 6.49. The summed E-state index contributed by atoms with van der Waals surface area (Å²) in [6.45, 7) is 5.76. The third kappa shape index (κ3) is 4.43. The van der Waals surface area contributed by atoms with E-state index in [1.807, 2.05) is 7.05 Å². The first-order valence-corrected chi connectivity index (χ1v) is 3.59. The number of quaternary nitrogens is 1. The van der Waals surface area contributed by atoms with Crippen molar-refractivity contribution in [1.82, 2.24) is 5.32 Å². The fraction of sp³-hybridized carbons (Fsp3) is 1.00. The van der Waals surface area contributed by atoms with Gasteiger partial charge in [-0.05, 0) is 14.0 Å². The fourth-order valence-corrected chi connectivity index (χ4v) is 0.573. The number of hydrogen-bond donors (Lipinski definition) is 1. The zero-order chi connectivity index (χ0) is 7.33. The van der Waals surface area contributed by atoms with Gasteiger partial charge >= 0.3 is 0 Å². The van der Waals surface area contributed by atoms with Crippen LogP contribution >= 0.6 is 0 Å². The van der Waals surface area contributed by atoms with Crippen LogP contribution in [0.4, 0.5) is 0 Å². The molecule has 0 aliphatic heterocycles. The molecule has 2 nitrogen and oxygen atoms in total. The summed E-state index contributed by atoms with van der Waals surface area (Å²) in [6.07, 6.45) is 0. The maximum atomic E-state index is 3.14. The number of hydrogen-bond acceptors (Lipinski definition) is 1. The van der Waals surface area contributed by atoms with Crippen molar-refractivity contribution in [3.05, 3.63) is 0 Å². The number of rotatable bonds is 4. The quantitative estimate of drug-likeness (QED) is 0.541. The lowest BCUT2D eigenvalue weighted by Crippen LogP contribution is -2.43. The van der Waals surface area contributed by atoms with E-state index in [1.54, 1.807) is 0 Å². The van der Waals surface area contributed by atoms with E-state index in [9.17, 15) is 0 Å². The molecule has 0 aliphatic carbocycles. The predicted octanol–water partition coefficient (Wildman–Crippen LogP) is 0.302. The van der Waals surface area contributed by atoms with Crippen molar-refractivity contribution in [2.45, 2.75) is 6.92 Å². The maximum absolute atomic E-state index is 3.14. The molecule has 0 saturated heterocycles. The maximum Gasteiger partial charge on any atom is 0.0909 e. The van der Waals surface area contributed by atoms with Gasteiger partial charge in [0.1, 0.15) is 0 Å². The van der Waals surface area contributed by atoms with Gasteiger partial charge in [-0.15, -0.1) is 0 Å². The van der Waals surface area contributed by atoms with Gasteiger partial charge in [-0.25, -0.2) is 0 Å². The molecular weight excluding hydrogens is 112 g/mol. The standard InChI is InChI=1S/C7H19N2/c1-5-9(3,4)7-6-8-2/h8H,5-7H2,1-4H3/q+1. The Morgan fingerprint density at radius 3 is 2.22 bits per heavy atom. The second-order valence-electron chi connectivity index (χ2n) is 3.08. The molecule has 0 amide bonds. The molecule has 0 rings (SSSR count). The Morgan fingerprint density at radius 1 is 1.33 bits per heavy atom. The highest BCUT2D eigenvalue weighted by atomic mass is 15.3. The van der Waals surface area contributed by atoms with Crippen LogP contribution in [0.3, 0.4) is 0 Å². The molecule has 0 fully saturated rings. The van der Waals surface area contributed by atoms with Crippen molar-refractivity contribution in [1.29, 1.82) is 0 Å². The van der Waals surface area contributed by atoms with Crippen molar-refractivity contribution in [3.8, 4) is 0 Å². The second kappa shape index (κ2) is 3.85. The van der Waals surface area contributed by atoms with E-state index in [4.69, 9.17) is 0 Å². The molecule has 0 unspecified atom stereocenters. The molecule has 0 spiro atoms. The third-order valence-electron chi connectivity index (χ3n) is 1.82. The van der Waals surface area contributed by atoms with Crippen LogP contribution in [0.1, 0.15) is 6.92 Å². The topological polar surface area (TPSA) is 12.0 Å². The molecule has 0 aromatic rings. The summed E-state index contributed by atoms with van der Waals surface area (Å²) in [5, 5.41) is 3.14. The largest absolute Gasteiger partial charge is 0.328 e. The molecule has 0 bridgehead atoms. The highest BCUT2D eigenvalue weighted by Crippen LogP contribution is 1.92. The number of nitrogens with one attached hydrogen (secondary N) is 1. The zero-order valence-electron chi connectivity index (χ0n) is 7.07. The summed E-state index contributed by atoms with van der Waals surface area (Å²) in [6, 6.07) is 0. The summed E-state index contributed by atoms with van der Waals surface area (Å²) >= 11 is 0. The molecule has 0 aliphatic rings. The number of nitrogens with zero attached hydrogens (tertiary/aromatic N) is 1. The lowest BCUT2D eigenvalue weighted by molar-refractivity contribution is -0.887. The minimum atomic E-state index is 1.11. The Bertz CT molecular complexity index is 69.3. The van der Waals surface area contributed by atoms with E-state index in [1.165, 1.54) is 13.1 Å². The van der Waals surface area contributed by atoms with E-state index in [-0.39, 0.29) is 0 Å². The van der Waals surface area contributed by atoms with Crippen LogP contribution in [-0.4, -0.2) is 45.3 Å². The Labute approximate surface area is 58.4 Å². The number of likely N-dealkylation sites (N-methyl/N-ethyl adjacent to an activating group) is 2. The van der Waals surface area contributed by atoms with Crippen molar-refractivity contribution in [3.63, 3.8) is 0 Å². The van der Waals surface area contributed by atoms with Crippen LogP contribution in [0.15, 0.2) is 0 Å². The molecule has 0 aromatic carbocycles. The molecule has 0 radical (unpaired) electrons. The van der Waals surface area contributed by atoms with Gasteiger partial charge < -0.3 is 9.80 Å². The molecule has 56 valence electrons. The minimum Gasteiger partial charge on any atom is -0.328 e. The Balaban J connectivity index is 3.33. The van der Waals surface area contributed by atoms with Crippen molar-refractivity contribution in [2.24, 2.45) is 0 Å². The first-order chi connectivity index (χ1) is 4.12. The van der Waals surface area contributed by atoms with Crippen molar-refractivity contribution < 1.29 is 4.48 Å². The Morgan fingerprint density at radius 2 is 1.89 bits per heavy atom.